The normalized spacial score (nSPS) is 15.2. The average Bonchev–Trinajstić information content (AvgIpc) is 2.83. The highest BCUT2D eigenvalue weighted by atomic mass is 19.4. The Kier molecular flexibility index (Phi) is 7.19. The summed E-state index contributed by atoms with van der Waals surface area (Å²) < 4.78 is 58.9. The minimum Gasteiger partial charge on any atom is -0.475 e. The van der Waals surface area contributed by atoms with Crippen molar-refractivity contribution in [2.75, 3.05) is 5.32 Å². The van der Waals surface area contributed by atoms with Crippen molar-refractivity contribution in [2.24, 2.45) is 0 Å². The number of hydrogen-bond acceptors (Lipinski definition) is 6. The number of nitrogens with zero attached hydrogens (tertiary/aromatic N) is 1. The van der Waals surface area contributed by atoms with Crippen LogP contribution in [0.3, 0.4) is 0 Å². The van der Waals surface area contributed by atoms with E-state index in [1.807, 2.05) is 6.07 Å². The van der Waals surface area contributed by atoms with E-state index in [9.17, 15) is 18.0 Å². The van der Waals surface area contributed by atoms with Gasteiger partial charge in [-0.15, -0.1) is 0 Å². The number of fused-ring (bicyclic) bond motifs is 1. The van der Waals surface area contributed by atoms with E-state index >= 15 is 0 Å². The molecule has 36 heavy (non-hydrogen) atoms. The van der Waals surface area contributed by atoms with Crippen molar-refractivity contribution in [1.29, 1.82) is 0 Å². The van der Waals surface area contributed by atoms with Crippen LogP contribution in [-0.2, 0) is 22.3 Å². The van der Waals surface area contributed by atoms with Crippen molar-refractivity contribution in [3.8, 4) is 5.88 Å². The maximum atomic E-state index is 14.1. The number of alkyl halides is 3. The molecule has 1 N–H and O–H groups in total. The lowest BCUT2D eigenvalue weighted by Gasteiger charge is -2.32. The van der Waals surface area contributed by atoms with Crippen molar-refractivity contribution in [3.63, 3.8) is 0 Å². The van der Waals surface area contributed by atoms with Gasteiger partial charge >= 0.3 is 12.3 Å². The summed E-state index contributed by atoms with van der Waals surface area (Å²) in [6, 6.07) is 15.8. The Balaban J connectivity index is 1.78. The van der Waals surface area contributed by atoms with Gasteiger partial charge in [0.2, 0.25) is 5.88 Å². The number of carbonyl (C=O) groups excluding carboxylic acids is 1. The van der Waals surface area contributed by atoms with Crippen LogP contribution in [0.25, 0.3) is 0 Å². The lowest BCUT2D eigenvalue weighted by molar-refractivity contribution is -0.138. The first-order valence-corrected chi connectivity index (χ1v) is 11.3. The molecule has 4 rings (SSSR count). The Labute approximate surface area is 206 Å². The zero-order valence-corrected chi connectivity index (χ0v) is 19.9. The Bertz CT molecular complexity index is 1270. The van der Waals surface area contributed by atoms with Gasteiger partial charge in [-0.05, 0) is 44.0 Å². The third kappa shape index (κ3) is 5.45. The van der Waals surface area contributed by atoms with Crippen LogP contribution in [0.1, 0.15) is 48.9 Å². The van der Waals surface area contributed by atoms with Crippen LogP contribution in [0.2, 0.25) is 0 Å². The third-order valence-corrected chi connectivity index (χ3v) is 5.51. The van der Waals surface area contributed by atoms with Crippen LogP contribution in [0.5, 0.6) is 5.88 Å². The van der Waals surface area contributed by atoms with Crippen LogP contribution in [0.15, 0.2) is 78.3 Å². The van der Waals surface area contributed by atoms with Gasteiger partial charge in [-0.3, -0.25) is 0 Å². The molecule has 0 fully saturated rings. The van der Waals surface area contributed by atoms with Gasteiger partial charge in [-0.2, -0.15) is 13.2 Å². The number of rotatable bonds is 6. The van der Waals surface area contributed by atoms with Crippen LogP contribution >= 0.6 is 0 Å². The largest absolute Gasteiger partial charge is 0.513 e. The van der Waals surface area contributed by atoms with Crippen LogP contribution in [0.4, 0.5) is 23.7 Å². The molecule has 0 saturated carbocycles. The molecule has 2 aromatic carbocycles. The molecular weight excluding hydrogens is 473 g/mol. The number of anilines is 1. The second-order valence-electron chi connectivity index (χ2n) is 8.50. The van der Waals surface area contributed by atoms with Gasteiger partial charge in [0.25, 0.3) is 0 Å². The van der Waals surface area contributed by atoms with E-state index in [2.05, 4.69) is 10.3 Å². The van der Waals surface area contributed by atoms with Crippen molar-refractivity contribution in [1.82, 2.24) is 4.98 Å². The first kappa shape index (κ1) is 25.1. The number of ether oxygens (including phenoxy) is 3. The molecule has 0 amide bonds. The zero-order valence-electron chi connectivity index (χ0n) is 19.9. The molecule has 0 saturated heterocycles. The van der Waals surface area contributed by atoms with Gasteiger partial charge < -0.3 is 19.5 Å². The Morgan fingerprint density at radius 1 is 1.06 bits per heavy atom. The van der Waals surface area contributed by atoms with Crippen molar-refractivity contribution in [3.05, 3.63) is 101 Å². The van der Waals surface area contributed by atoms with E-state index in [0.29, 0.717) is 16.9 Å². The average molecular weight is 499 g/mol. The number of benzene rings is 2. The molecule has 9 heteroatoms. The smallest absolute Gasteiger partial charge is 0.475 e. The minimum absolute atomic E-state index is 0.0288. The number of carbonyl (C=O) groups is 1. The molecule has 188 valence electrons. The molecule has 1 aliphatic heterocycles. The molecule has 0 spiro atoms. The molecule has 0 bridgehead atoms. The molecule has 1 aliphatic rings. The molecule has 6 nitrogen and oxygen atoms in total. The maximum Gasteiger partial charge on any atom is 0.513 e. The van der Waals surface area contributed by atoms with E-state index in [-0.39, 0.29) is 29.9 Å². The molecule has 3 aromatic rings. The van der Waals surface area contributed by atoms with E-state index < -0.39 is 23.8 Å². The minimum atomic E-state index is -4.64. The van der Waals surface area contributed by atoms with Crippen LogP contribution < -0.4 is 10.1 Å². The fourth-order valence-corrected chi connectivity index (χ4v) is 4.05. The number of pyridine rings is 1. The van der Waals surface area contributed by atoms with Gasteiger partial charge in [0.1, 0.15) is 12.4 Å². The number of halogens is 3. The predicted octanol–water partition coefficient (Wildman–Crippen LogP) is 7.03. The summed E-state index contributed by atoms with van der Waals surface area (Å²) in [6.45, 7) is 5.14. The van der Waals surface area contributed by atoms with Gasteiger partial charge in [-0.25, -0.2) is 9.78 Å². The summed E-state index contributed by atoms with van der Waals surface area (Å²) in [5.74, 6) is -1.02. The number of aromatic nitrogens is 1. The predicted molar refractivity (Wildman–Crippen MR) is 127 cm³/mol. The van der Waals surface area contributed by atoms with E-state index in [1.165, 1.54) is 24.4 Å². The maximum absolute atomic E-state index is 14.1. The number of hydrogen-bond donors (Lipinski definition) is 1. The lowest BCUT2D eigenvalue weighted by Crippen LogP contribution is -2.25. The van der Waals surface area contributed by atoms with E-state index in [4.69, 9.17) is 14.2 Å². The topological polar surface area (TPSA) is 69.7 Å². The molecule has 1 unspecified atom stereocenters. The van der Waals surface area contributed by atoms with Gasteiger partial charge in [0, 0.05) is 11.9 Å². The van der Waals surface area contributed by atoms with Gasteiger partial charge in [0.15, 0.2) is 0 Å². The fraction of sp³-hybridized carbons (Fsp3) is 0.259. The monoisotopic (exact) mass is 498 g/mol. The highest BCUT2D eigenvalue weighted by Crippen LogP contribution is 2.49. The van der Waals surface area contributed by atoms with Crippen LogP contribution in [0, 0.1) is 0 Å². The molecule has 2 heterocycles. The molecule has 0 radical (unpaired) electrons. The van der Waals surface area contributed by atoms with Gasteiger partial charge in [0.05, 0.1) is 28.8 Å². The Morgan fingerprint density at radius 3 is 2.44 bits per heavy atom. The molecular formula is C27H25F3N2O4. The second-order valence-corrected chi connectivity index (χ2v) is 8.50. The SMILES string of the molecule is CC1=C(OC(=O)OCc2ccccc2)C(c2ccccc2C(F)(F)F)c2c(ccnc2OC(C)C)N1. The Morgan fingerprint density at radius 2 is 1.75 bits per heavy atom. The first-order valence-electron chi connectivity index (χ1n) is 11.3. The zero-order chi connectivity index (χ0) is 25.9. The quantitative estimate of drug-likeness (QED) is 0.368. The summed E-state index contributed by atoms with van der Waals surface area (Å²) in [6.07, 6.45) is -4.47. The van der Waals surface area contributed by atoms with Crippen molar-refractivity contribution >= 4 is 11.8 Å². The fourth-order valence-electron chi connectivity index (χ4n) is 4.05. The molecule has 1 atom stereocenters. The van der Waals surface area contributed by atoms with E-state index in [1.54, 1.807) is 51.1 Å². The summed E-state index contributed by atoms with van der Waals surface area (Å²) in [4.78, 5) is 17.0. The van der Waals surface area contributed by atoms with Gasteiger partial charge in [-0.1, -0.05) is 48.5 Å². The highest BCUT2D eigenvalue weighted by molar-refractivity contribution is 5.70. The summed E-state index contributed by atoms with van der Waals surface area (Å²) in [5.41, 5.74) is 0.990. The molecule has 1 aromatic heterocycles. The third-order valence-electron chi connectivity index (χ3n) is 5.51. The highest BCUT2D eigenvalue weighted by Gasteiger charge is 2.41. The number of allylic oxidation sites excluding steroid dienone is 2. The van der Waals surface area contributed by atoms with Crippen LogP contribution in [-0.4, -0.2) is 17.2 Å². The lowest BCUT2D eigenvalue weighted by atomic mass is 9.83. The summed E-state index contributed by atoms with van der Waals surface area (Å²) in [7, 11) is 0. The van der Waals surface area contributed by atoms with Crippen molar-refractivity contribution in [2.45, 2.75) is 45.6 Å². The van der Waals surface area contributed by atoms with Crippen molar-refractivity contribution < 1.29 is 32.2 Å². The summed E-state index contributed by atoms with van der Waals surface area (Å²) >= 11 is 0. The summed E-state index contributed by atoms with van der Waals surface area (Å²) in [5, 5.41) is 3.11. The number of nitrogens with one attached hydrogen (secondary N) is 1. The standard InChI is InChI=1S/C27H25F3N2O4/c1-16(2)35-25-23-21(13-14-31-25)32-17(3)24(36-26(33)34-15-18-9-5-4-6-10-18)22(23)19-11-7-8-12-20(19)27(28,29)30/h4-14,16,22,32H,15H2,1-3H3. The second kappa shape index (κ2) is 10.3. The van der Waals surface area contributed by atoms with E-state index in [0.717, 1.165) is 11.6 Å². The Hall–Kier alpha value is -4.01. The molecule has 0 aliphatic carbocycles. The first-order chi connectivity index (χ1) is 17.1.